The highest BCUT2D eigenvalue weighted by Crippen LogP contribution is 2.35. The number of rotatable bonds is 3. The fourth-order valence-electron chi connectivity index (χ4n) is 1.82. The smallest absolute Gasteiger partial charge is 0.399 e. The molecule has 0 fully saturated rings. The molecule has 1 nitrogen and oxygen atoms in total. The quantitative estimate of drug-likeness (QED) is 0.645. The third kappa shape index (κ3) is 3.48. The van der Waals surface area contributed by atoms with Gasteiger partial charge in [0, 0.05) is 16.3 Å². The van der Waals surface area contributed by atoms with E-state index in [9.17, 15) is 13.2 Å². The number of anilines is 1. The summed E-state index contributed by atoms with van der Waals surface area (Å²) in [5, 5.41) is 0. The fourth-order valence-corrected chi connectivity index (χ4v) is 2.82. The molecule has 0 unspecified atom stereocenters. The average Bonchev–Trinajstić information content (AvgIpc) is 2.39. The first-order valence-corrected chi connectivity index (χ1v) is 7.00. The Bertz CT molecular complexity index is 608. The first-order chi connectivity index (χ1) is 9.38. The highest BCUT2D eigenvalue weighted by Gasteiger charge is 2.32. The molecule has 0 aliphatic carbocycles. The minimum Gasteiger partial charge on any atom is -0.399 e. The number of hydrogen-bond donors (Lipinski definition) is 1. The lowest BCUT2D eigenvalue weighted by atomic mass is 10.1. The lowest BCUT2D eigenvalue weighted by molar-refractivity contribution is -0.138. The number of nitrogens with two attached hydrogens (primary N) is 1. The van der Waals surface area contributed by atoms with E-state index in [1.54, 1.807) is 12.1 Å². The first kappa shape index (κ1) is 14.8. The van der Waals surface area contributed by atoms with Crippen molar-refractivity contribution in [2.45, 2.75) is 23.7 Å². The van der Waals surface area contributed by atoms with Crippen molar-refractivity contribution in [3.8, 4) is 0 Å². The predicted molar refractivity (Wildman–Crippen MR) is 76.6 cm³/mol. The summed E-state index contributed by atoms with van der Waals surface area (Å²) in [6.07, 6.45) is -4.31. The Morgan fingerprint density at radius 2 is 1.80 bits per heavy atom. The first-order valence-electron chi connectivity index (χ1n) is 6.02. The van der Waals surface area contributed by atoms with E-state index in [4.69, 9.17) is 5.73 Å². The second kappa shape index (κ2) is 5.79. The summed E-state index contributed by atoms with van der Waals surface area (Å²) in [7, 11) is 0. The summed E-state index contributed by atoms with van der Waals surface area (Å²) in [4.78, 5) is 0.911. The van der Waals surface area contributed by atoms with Gasteiger partial charge in [0.05, 0.1) is 5.56 Å². The summed E-state index contributed by atoms with van der Waals surface area (Å²) in [5.74, 6) is 0.277. The van der Waals surface area contributed by atoms with Crippen LogP contribution in [0.2, 0.25) is 0 Å². The van der Waals surface area contributed by atoms with Crippen molar-refractivity contribution in [3.05, 3.63) is 59.2 Å². The van der Waals surface area contributed by atoms with Gasteiger partial charge in [-0.1, -0.05) is 18.2 Å². The van der Waals surface area contributed by atoms with Gasteiger partial charge in [-0.05, 0) is 42.3 Å². The molecule has 2 aromatic rings. The third-order valence-corrected chi connectivity index (χ3v) is 4.00. The van der Waals surface area contributed by atoms with Gasteiger partial charge in [0.2, 0.25) is 0 Å². The summed E-state index contributed by atoms with van der Waals surface area (Å²) >= 11 is 1.37. The molecule has 2 rings (SSSR count). The van der Waals surface area contributed by atoms with Crippen molar-refractivity contribution < 1.29 is 13.2 Å². The Morgan fingerprint density at radius 3 is 2.45 bits per heavy atom. The minimum absolute atomic E-state index is 0.277. The summed E-state index contributed by atoms with van der Waals surface area (Å²) < 4.78 is 38.6. The van der Waals surface area contributed by atoms with Crippen LogP contribution in [-0.4, -0.2) is 0 Å². The van der Waals surface area contributed by atoms with Crippen molar-refractivity contribution in [3.63, 3.8) is 0 Å². The van der Waals surface area contributed by atoms with Crippen LogP contribution >= 0.6 is 11.8 Å². The van der Waals surface area contributed by atoms with Crippen LogP contribution in [0.4, 0.5) is 18.9 Å². The van der Waals surface area contributed by atoms with Crippen LogP contribution in [0.15, 0.2) is 47.4 Å². The Morgan fingerprint density at radius 1 is 1.10 bits per heavy atom. The van der Waals surface area contributed by atoms with Gasteiger partial charge < -0.3 is 5.73 Å². The molecule has 0 radical (unpaired) electrons. The van der Waals surface area contributed by atoms with Gasteiger partial charge in [-0.25, -0.2) is 0 Å². The third-order valence-electron chi connectivity index (χ3n) is 2.96. The molecule has 0 atom stereocenters. The fraction of sp³-hybridized carbons (Fsp3) is 0.200. The molecule has 20 heavy (non-hydrogen) atoms. The van der Waals surface area contributed by atoms with Gasteiger partial charge in [-0.3, -0.25) is 0 Å². The van der Waals surface area contributed by atoms with Crippen LogP contribution < -0.4 is 5.73 Å². The van der Waals surface area contributed by atoms with Crippen molar-refractivity contribution in [2.24, 2.45) is 0 Å². The highest BCUT2D eigenvalue weighted by molar-refractivity contribution is 7.98. The number of hydrogen-bond acceptors (Lipinski definition) is 2. The standard InChI is InChI=1S/C15H14F3NS/c1-10-8-12(6-7-14(10)19)20-9-11-4-2-3-5-13(11)15(16,17)18/h2-8H,9,19H2,1H3. The maximum Gasteiger partial charge on any atom is 0.416 e. The molecule has 0 aliphatic heterocycles. The largest absolute Gasteiger partial charge is 0.416 e. The number of alkyl halides is 3. The molecule has 106 valence electrons. The van der Waals surface area contributed by atoms with Gasteiger partial charge in [0.15, 0.2) is 0 Å². The Balaban J connectivity index is 2.17. The molecule has 0 spiro atoms. The predicted octanol–water partition coefficient (Wildman–Crippen LogP) is 4.89. The lowest BCUT2D eigenvalue weighted by Crippen LogP contribution is -2.08. The number of thioether (sulfide) groups is 1. The van der Waals surface area contributed by atoms with Gasteiger partial charge in [0.1, 0.15) is 0 Å². The Kier molecular flexibility index (Phi) is 4.28. The van der Waals surface area contributed by atoms with Gasteiger partial charge >= 0.3 is 6.18 Å². The zero-order valence-electron chi connectivity index (χ0n) is 10.9. The van der Waals surface area contributed by atoms with Crippen LogP contribution in [0.5, 0.6) is 0 Å². The molecule has 2 aromatic carbocycles. The number of nitrogen functional groups attached to an aromatic ring is 1. The second-order valence-corrected chi connectivity index (χ2v) is 5.51. The molecule has 2 N–H and O–H groups in total. The molecule has 0 aromatic heterocycles. The van der Waals surface area contributed by atoms with Crippen molar-refractivity contribution in [2.75, 3.05) is 5.73 Å². The SMILES string of the molecule is Cc1cc(SCc2ccccc2C(F)(F)F)ccc1N. The Hall–Kier alpha value is -1.62. The molecule has 0 aliphatic rings. The average molecular weight is 297 g/mol. The van der Waals surface area contributed by atoms with E-state index in [0.717, 1.165) is 16.5 Å². The van der Waals surface area contributed by atoms with E-state index in [-0.39, 0.29) is 5.75 Å². The number of aryl methyl sites for hydroxylation is 1. The topological polar surface area (TPSA) is 26.0 Å². The number of benzene rings is 2. The molecule has 0 amide bonds. The summed E-state index contributed by atoms with van der Waals surface area (Å²) in [6, 6.07) is 11.1. The van der Waals surface area contributed by atoms with E-state index < -0.39 is 11.7 Å². The van der Waals surface area contributed by atoms with Crippen molar-refractivity contribution in [1.29, 1.82) is 0 Å². The van der Waals surface area contributed by atoms with Crippen LogP contribution in [0.25, 0.3) is 0 Å². The molecule has 0 heterocycles. The van der Waals surface area contributed by atoms with Crippen molar-refractivity contribution in [1.82, 2.24) is 0 Å². The van der Waals surface area contributed by atoms with Crippen LogP contribution in [0.1, 0.15) is 16.7 Å². The monoisotopic (exact) mass is 297 g/mol. The lowest BCUT2D eigenvalue weighted by Gasteiger charge is -2.12. The maximum absolute atomic E-state index is 12.9. The van der Waals surface area contributed by atoms with E-state index in [1.165, 1.54) is 23.9 Å². The zero-order chi connectivity index (χ0) is 14.8. The minimum atomic E-state index is -4.31. The zero-order valence-corrected chi connectivity index (χ0v) is 11.7. The molecular weight excluding hydrogens is 283 g/mol. The molecule has 0 bridgehead atoms. The van der Waals surface area contributed by atoms with Gasteiger partial charge in [0.25, 0.3) is 0 Å². The van der Waals surface area contributed by atoms with E-state index in [2.05, 4.69) is 0 Å². The number of halogens is 3. The van der Waals surface area contributed by atoms with Gasteiger partial charge in [-0.2, -0.15) is 13.2 Å². The van der Waals surface area contributed by atoms with Crippen LogP contribution in [0, 0.1) is 6.92 Å². The summed E-state index contributed by atoms with van der Waals surface area (Å²) in [6.45, 7) is 1.88. The summed E-state index contributed by atoms with van der Waals surface area (Å²) in [5.41, 5.74) is 7.06. The van der Waals surface area contributed by atoms with E-state index >= 15 is 0 Å². The van der Waals surface area contributed by atoms with Crippen LogP contribution in [0.3, 0.4) is 0 Å². The normalized spacial score (nSPS) is 11.6. The maximum atomic E-state index is 12.9. The second-order valence-electron chi connectivity index (χ2n) is 4.46. The molecule has 0 saturated heterocycles. The Labute approximate surface area is 120 Å². The van der Waals surface area contributed by atoms with E-state index in [0.29, 0.717) is 11.3 Å². The highest BCUT2D eigenvalue weighted by atomic mass is 32.2. The molecule has 0 saturated carbocycles. The molecule has 5 heteroatoms. The van der Waals surface area contributed by atoms with Crippen LogP contribution in [-0.2, 0) is 11.9 Å². The van der Waals surface area contributed by atoms with Crippen molar-refractivity contribution >= 4 is 17.4 Å². The van der Waals surface area contributed by atoms with Gasteiger partial charge in [-0.15, -0.1) is 11.8 Å². The van der Waals surface area contributed by atoms with E-state index in [1.807, 2.05) is 19.1 Å². The molecular formula is C15H14F3NS.